The van der Waals surface area contributed by atoms with Crippen molar-refractivity contribution in [2.75, 3.05) is 18.0 Å². The third-order valence-corrected chi connectivity index (χ3v) is 4.42. The average molecular weight is 417 g/mol. The molecule has 0 heterocycles. The molecule has 0 aliphatic rings. The monoisotopic (exact) mass is 417 g/mol. The summed E-state index contributed by atoms with van der Waals surface area (Å²) in [7, 11) is 0. The number of anilines is 1. The number of hydrogen-bond acceptors (Lipinski definition) is 2. The molecule has 2 aromatic carbocycles. The van der Waals surface area contributed by atoms with Crippen LogP contribution in [0.25, 0.3) is 16.5 Å². The van der Waals surface area contributed by atoms with E-state index in [9.17, 15) is 22.0 Å². The summed E-state index contributed by atoms with van der Waals surface area (Å²) in [6.07, 6.45) is 2.31. The summed E-state index contributed by atoms with van der Waals surface area (Å²) in [6.45, 7) is 12.6. The second kappa shape index (κ2) is 9.71. The minimum Gasteiger partial charge on any atom is -0.372 e. The molecule has 0 fully saturated rings. The predicted molar refractivity (Wildman–Crippen MR) is 104 cm³/mol. The highest BCUT2D eigenvalue weighted by Gasteiger charge is 2.28. The minimum atomic E-state index is -2.31. The lowest BCUT2D eigenvalue weighted by Crippen LogP contribution is -2.21. The molecule has 0 saturated carbocycles. The third kappa shape index (κ3) is 4.33. The molecule has 0 aliphatic carbocycles. The number of nitriles is 1. The molecule has 154 valence electrons. The molecule has 0 unspecified atom stereocenters. The van der Waals surface area contributed by atoms with Crippen LogP contribution in [0.5, 0.6) is 0 Å². The molecule has 0 amide bonds. The summed E-state index contributed by atoms with van der Waals surface area (Å²) in [6, 6.07) is 8.40. The van der Waals surface area contributed by atoms with Gasteiger partial charge in [0.2, 0.25) is 5.82 Å². The summed E-state index contributed by atoms with van der Waals surface area (Å²) in [4.78, 5) is 4.94. The number of hydrogen-bond donors (Lipinski definition) is 0. The van der Waals surface area contributed by atoms with Gasteiger partial charge >= 0.3 is 0 Å². The van der Waals surface area contributed by atoms with Crippen LogP contribution in [0.1, 0.15) is 25.0 Å². The molecular weight excluding hydrogens is 401 g/mol. The lowest BCUT2D eigenvalue weighted by atomic mass is 10.00. The van der Waals surface area contributed by atoms with Gasteiger partial charge in [-0.25, -0.2) is 32.1 Å². The van der Waals surface area contributed by atoms with Crippen molar-refractivity contribution in [2.45, 2.75) is 13.8 Å². The van der Waals surface area contributed by atoms with Crippen LogP contribution in [-0.2, 0) is 0 Å². The van der Waals surface area contributed by atoms with Crippen molar-refractivity contribution in [3.63, 3.8) is 0 Å². The number of rotatable bonds is 6. The Morgan fingerprint density at radius 3 is 1.90 bits per heavy atom. The second-order valence-corrected chi connectivity index (χ2v) is 6.03. The summed E-state index contributed by atoms with van der Waals surface area (Å²) >= 11 is 0. The first-order valence-corrected chi connectivity index (χ1v) is 8.87. The maximum Gasteiger partial charge on any atom is 0.269 e. The van der Waals surface area contributed by atoms with Crippen molar-refractivity contribution in [1.29, 1.82) is 5.26 Å². The maximum absolute atomic E-state index is 14.2. The normalized spacial score (nSPS) is 11.8. The molecule has 0 bridgehead atoms. The second-order valence-electron chi connectivity index (χ2n) is 6.03. The molecule has 2 aromatic rings. The molecule has 8 heteroatoms. The van der Waals surface area contributed by atoms with E-state index in [1.54, 1.807) is 24.3 Å². The molecule has 0 atom stereocenters. The standard InChI is InChI=1S/C22H16F5N3/c1-4-30(5-2)14-9-6-13(7-10-14)8-11-15(16(12-28)29-3)17-18(23)20(25)22(27)21(26)19(17)24/h6-11H,4-5H2,1-2H3/b11-8+,16-15+. The van der Waals surface area contributed by atoms with Crippen molar-refractivity contribution in [3.05, 3.63) is 87.7 Å². The van der Waals surface area contributed by atoms with Gasteiger partial charge in [0, 0.05) is 29.9 Å². The predicted octanol–water partition coefficient (Wildman–Crippen LogP) is 6.10. The van der Waals surface area contributed by atoms with Crippen molar-refractivity contribution in [1.82, 2.24) is 0 Å². The van der Waals surface area contributed by atoms with E-state index in [1.165, 1.54) is 12.1 Å². The Morgan fingerprint density at radius 2 is 1.47 bits per heavy atom. The molecule has 0 aliphatic heterocycles. The van der Waals surface area contributed by atoms with E-state index in [1.807, 2.05) is 13.8 Å². The van der Waals surface area contributed by atoms with E-state index in [0.29, 0.717) is 5.56 Å². The molecular formula is C22H16F5N3. The van der Waals surface area contributed by atoms with Gasteiger partial charge in [-0.2, -0.15) is 0 Å². The van der Waals surface area contributed by atoms with Crippen LogP contribution in [0.3, 0.4) is 0 Å². The Morgan fingerprint density at radius 1 is 0.967 bits per heavy atom. The SMILES string of the molecule is [C-]#[N+]/C(C#N)=C(\C=C\c1ccc(N(CC)CC)cc1)c1c(F)c(F)c(F)c(F)c1F. The van der Waals surface area contributed by atoms with E-state index in [4.69, 9.17) is 11.8 Å². The molecule has 0 radical (unpaired) electrons. The maximum atomic E-state index is 14.2. The first kappa shape index (κ1) is 22.6. The fraction of sp³-hybridized carbons (Fsp3) is 0.182. The summed E-state index contributed by atoms with van der Waals surface area (Å²) in [5.74, 6) is -10.8. The van der Waals surface area contributed by atoms with Gasteiger partial charge in [0.15, 0.2) is 23.3 Å². The van der Waals surface area contributed by atoms with Crippen LogP contribution in [-0.4, -0.2) is 13.1 Å². The zero-order valence-electron chi connectivity index (χ0n) is 16.1. The molecule has 0 N–H and O–H groups in total. The van der Waals surface area contributed by atoms with Gasteiger partial charge in [-0.15, -0.1) is 0 Å². The molecule has 0 spiro atoms. The number of nitrogens with zero attached hydrogens (tertiary/aromatic N) is 3. The van der Waals surface area contributed by atoms with E-state index >= 15 is 0 Å². The van der Waals surface area contributed by atoms with E-state index < -0.39 is 45.9 Å². The molecule has 0 saturated heterocycles. The van der Waals surface area contributed by atoms with Crippen LogP contribution in [0, 0.1) is 47.0 Å². The summed E-state index contributed by atoms with van der Waals surface area (Å²) in [5.41, 5.74) is -1.36. The molecule has 0 aromatic heterocycles. The van der Waals surface area contributed by atoms with Crippen LogP contribution >= 0.6 is 0 Å². The Labute approximate surface area is 170 Å². The molecule has 2 rings (SSSR count). The van der Waals surface area contributed by atoms with Gasteiger partial charge in [0.05, 0.1) is 12.6 Å². The van der Waals surface area contributed by atoms with Gasteiger partial charge in [-0.3, -0.25) is 0 Å². The van der Waals surface area contributed by atoms with E-state index in [-0.39, 0.29) is 0 Å². The smallest absolute Gasteiger partial charge is 0.269 e. The van der Waals surface area contributed by atoms with E-state index in [2.05, 4.69) is 9.74 Å². The fourth-order valence-electron chi connectivity index (χ4n) is 2.83. The van der Waals surface area contributed by atoms with Gasteiger partial charge in [0.25, 0.3) is 5.70 Å². The van der Waals surface area contributed by atoms with Gasteiger partial charge in [-0.1, -0.05) is 24.3 Å². The quantitative estimate of drug-likeness (QED) is 0.142. The largest absolute Gasteiger partial charge is 0.372 e. The number of halogens is 5. The lowest BCUT2D eigenvalue weighted by molar-refractivity contribution is 0.376. The van der Waals surface area contributed by atoms with Crippen LogP contribution in [0.15, 0.2) is 36.0 Å². The Bertz CT molecular complexity index is 1040. The third-order valence-electron chi connectivity index (χ3n) is 4.42. The van der Waals surface area contributed by atoms with E-state index in [0.717, 1.165) is 24.9 Å². The molecule has 30 heavy (non-hydrogen) atoms. The van der Waals surface area contributed by atoms with Gasteiger partial charge in [0.1, 0.15) is 0 Å². The lowest BCUT2D eigenvalue weighted by Gasteiger charge is -2.20. The average Bonchev–Trinajstić information content (AvgIpc) is 2.76. The summed E-state index contributed by atoms with van der Waals surface area (Å²) in [5, 5.41) is 9.11. The highest BCUT2D eigenvalue weighted by molar-refractivity contribution is 5.84. The Hall–Kier alpha value is -3.65. The highest BCUT2D eigenvalue weighted by atomic mass is 19.2. The van der Waals surface area contributed by atoms with Crippen LogP contribution < -0.4 is 4.90 Å². The van der Waals surface area contributed by atoms with Crippen molar-refractivity contribution in [3.8, 4) is 6.07 Å². The van der Waals surface area contributed by atoms with Crippen LogP contribution in [0.4, 0.5) is 27.6 Å². The van der Waals surface area contributed by atoms with Gasteiger partial charge in [-0.05, 0) is 31.5 Å². The van der Waals surface area contributed by atoms with Crippen LogP contribution in [0.2, 0.25) is 0 Å². The zero-order valence-corrected chi connectivity index (χ0v) is 16.1. The molecule has 3 nitrogen and oxygen atoms in total. The highest BCUT2D eigenvalue weighted by Crippen LogP contribution is 2.32. The van der Waals surface area contributed by atoms with Crippen molar-refractivity contribution < 1.29 is 22.0 Å². The van der Waals surface area contributed by atoms with Crippen molar-refractivity contribution in [2.24, 2.45) is 0 Å². The zero-order chi connectivity index (χ0) is 22.4. The fourth-order valence-corrected chi connectivity index (χ4v) is 2.83. The van der Waals surface area contributed by atoms with Gasteiger partial charge < -0.3 is 4.90 Å². The first-order chi connectivity index (χ1) is 14.3. The number of allylic oxidation sites excluding steroid dienone is 3. The number of benzene rings is 2. The summed E-state index contributed by atoms with van der Waals surface area (Å²) < 4.78 is 69.0. The Balaban J connectivity index is 2.59. The van der Waals surface area contributed by atoms with Crippen molar-refractivity contribution >= 4 is 17.3 Å². The minimum absolute atomic E-state index is 0.537. The Kier molecular flexibility index (Phi) is 7.32. The topological polar surface area (TPSA) is 31.4 Å². The first-order valence-electron chi connectivity index (χ1n) is 8.87.